The van der Waals surface area contributed by atoms with Crippen molar-refractivity contribution >= 4 is 27.2 Å². The van der Waals surface area contributed by atoms with Crippen molar-refractivity contribution in [2.24, 2.45) is 0 Å². The van der Waals surface area contributed by atoms with Gasteiger partial charge in [-0.15, -0.1) is 16.4 Å². The van der Waals surface area contributed by atoms with Gasteiger partial charge in [0.05, 0.1) is 34.8 Å². The van der Waals surface area contributed by atoms with Crippen LogP contribution in [-0.4, -0.2) is 39.5 Å². The minimum atomic E-state index is -0.910. The number of rotatable bonds is 4. The van der Waals surface area contributed by atoms with E-state index in [2.05, 4.69) is 32.2 Å². The first kappa shape index (κ1) is 16.0. The van der Waals surface area contributed by atoms with E-state index in [0.29, 0.717) is 11.2 Å². The maximum atomic E-state index is 11.4. The third kappa shape index (κ3) is 2.49. The van der Waals surface area contributed by atoms with Crippen LogP contribution in [0, 0.1) is 0 Å². The number of nitrogens with one attached hydrogen (secondary N) is 2. The van der Waals surface area contributed by atoms with Crippen LogP contribution in [0.15, 0.2) is 41.7 Å². The van der Waals surface area contributed by atoms with Crippen LogP contribution in [0.2, 0.25) is 0 Å². The van der Waals surface area contributed by atoms with E-state index in [9.17, 15) is 9.90 Å². The molecule has 0 saturated heterocycles. The normalized spacial score (nSPS) is 13.0. The molecule has 0 bridgehead atoms. The van der Waals surface area contributed by atoms with Crippen molar-refractivity contribution in [1.29, 1.82) is 0 Å². The fraction of sp³-hybridized carbons (Fsp3) is 0.176. The fourth-order valence-electron chi connectivity index (χ4n) is 3.22. The summed E-state index contributed by atoms with van der Waals surface area (Å²) in [5.41, 5.74) is 3.09. The van der Waals surface area contributed by atoms with Crippen molar-refractivity contribution in [2.75, 3.05) is 0 Å². The van der Waals surface area contributed by atoms with Crippen molar-refractivity contribution in [1.82, 2.24) is 34.3 Å². The second kappa shape index (κ2) is 5.89. The Morgan fingerprint density at radius 1 is 1.30 bits per heavy atom. The van der Waals surface area contributed by atoms with Crippen LogP contribution in [0.4, 0.5) is 0 Å². The Bertz CT molecular complexity index is 1320. The molecule has 9 nitrogen and oxygen atoms in total. The lowest BCUT2D eigenvalue weighted by molar-refractivity contribution is 0.208. The van der Waals surface area contributed by atoms with Crippen molar-refractivity contribution in [3.63, 3.8) is 0 Å². The number of aliphatic hydroxyl groups excluding tert-OH is 1. The number of aryl methyl sites for hydroxylation is 1. The molecule has 3 N–H and O–H groups in total. The summed E-state index contributed by atoms with van der Waals surface area (Å²) >= 11 is 1.61. The summed E-state index contributed by atoms with van der Waals surface area (Å²) in [5.74, 6) is 0. The predicted molar refractivity (Wildman–Crippen MR) is 100 cm³/mol. The predicted octanol–water partition coefficient (Wildman–Crippen LogP) is 1.79. The van der Waals surface area contributed by atoms with Gasteiger partial charge < -0.3 is 15.1 Å². The lowest BCUT2D eigenvalue weighted by Gasteiger charge is -2.08. The molecule has 5 aromatic rings. The Labute approximate surface area is 155 Å². The molecule has 0 amide bonds. The monoisotopic (exact) mass is 381 g/mol. The zero-order valence-corrected chi connectivity index (χ0v) is 15.1. The molecular weight excluding hydrogens is 366 g/mol. The van der Waals surface area contributed by atoms with E-state index >= 15 is 0 Å². The molecule has 0 aliphatic heterocycles. The Morgan fingerprint density at radius 3 is 3.00 bits per heavy atom. The number of hydrogen-bond donors (Lipinski definition) is 3. The van der Waals surface area contributed by atoms with Crippen LogP contribution < -0.4 is 5.69 Å². The number of aromatic amines is 2. The van der Waals surface area contributed by atoms with Gasteiger partial charge in [-0.1, -0.05) is 12.1 Å². The molecule has 0 fully saturated rings. The van der Waals surface area contributed by atoms with E-state index < -0.39 is 6.10 Å². The van der Waals surface area contributed by atoms with E-state index in [1.54, 1.807) is 46.9 Å². The second-order valence-corrected chi connectivity index (χ2v) is 7.28. The van der Waals surface area contributed by atoms with Crippen molar-refractivity contribution in [3.05, 3.63) is 63.7 Å². The van der Waals surface area contributed by atoms with E-state index in [0.717, 1.165) is 33.0 Å². The summed E-state index contributed by atoms with van der Waals surface area (Å²) < 4.78 is 3.47. The molecular formula is C17H15N7O2S. The van der Waals surface area contributed by atoms with Gasteiger partial charge >= 0.3 is 5.69 Å². The molecule has 10 heteroatoms. The SMILES string of the molecule is CCc1sc2cncn2c1C(O)c1cn(-c2ccc3[nH]c(=O)[nH]c3c2)nn1. The molecule has 4 heterocycles. The zero-order chi connectivity index (χ0) is 18.5. The highest BCUT2D eigenvalue weighted by Gasteiger charge is 2.23. The third-order valence-electron chi connectivity index (χ3n) is 4.51. The van der Waals surface area contributed by atoms with E-state index in [4.69, 9.17) is 0 Å². The van der Waals surface area contributed by atoms with Gasteiger partial charge in [-0.3, -0.25) is 4.40 Å². The summed E-state index contributed by atoms with van der Waals surface area (Å²) in [6.07, 6.45) is 5.07. The molecule has 0 spiro atoms. The van der Waals surface area contributed by atoms with Gasteiger partial charge in [0.25, 0.3) is 0 Å². The van der Waals surface area contributed by atoms with Gasteiger partial charge in [-0.25, -0.2) is 14.5 Å². The first-order chi connectivity index (χ1) is 13.1. The number of imidazole rings is 2. The molecule has 1 aromatic carbocycles. The first-order valence-electron chi connectivity index (χ1n) is 8.40. The van der Waals surface area contributed by atoms with Crippen LogP contribution in [0.25, 0.3) is 21.6 Å². The Balaban J connectivity index is 1.55. The molecule has 0 aliphatic carbocycles. The van der Waals surface area contributed by atoms with Crippen LogP contribution >= 0.6 is 11.3 Å². The number of aliphatic hydroxyl groups is 1. The van der Waals surface area contributed by atoms with Crippen molar-refractivity contribution in [2.45, 2.75) is 19.4 Å². The highest BCUT2D eigenvalue weighted by Crippen LogP contribution is 2.31. The molecule has 1 unspecified atom stereocenters. The highest BCUT2D eigenvalue weighted by atomic mass is 32.1. The number of nitrogens with zero attached hydrogens (tertiary/aromatic N) is 5. The minimum Gasteiger partial charge on any atom is -0.380 e. The smallest absolute Gasteiger partial charge is 0.323 e. The molecule has 136 valence electrons. The maximum absolute atomic E-state index is 11.4. The quantitative estimate of drug-likeness (QED) is 0.439. The molecule has 27 heavy (non-hydrogen) atoms. The minimum absolute atomic E-state index is 0.259. The zero-order valence-electron chi connectivity index (χ0n) is 14.2. The molecule has 0 radical (unpaired) electrons. The molecule has 4 aromatic heterocycles. The number of benzene rings is 1. The fourth-order valence-corrected chi connectivity index (χ4v) is 4.29. The van der Waals surface area contributed by atoms with Crippen molar-refractivity contribution < 1.29 is 5.11 Å². The van der Waals surface area contributed by atoms with Crippen LogP contribution in [-0.2, 0) is 6.42 Å². The number of aromatic nitrogens is 7. The summed E-state index contributed by atoms with van der Waals surface area (Å²) in [5, 5.41) is 19.2. The Kier molecular flexibility index (Phi) is 3.49. The highest BCUT2D eigenvalue weighted by molar-refractivity contribution is 7.17. The first-order valence-corrected chi connectivity index (χ1v) is 9.22. The summed E-state index contributed by atoms with van der Waals surface area (Å²) in [6, 6.07) is 5.42. The molecule has 1 atom stereocenters. The molecule has 5 rings (SSSR count). The van der Waals surface area contributed by atoms with E-state index in [1.807, 2.05) is 10.5 Å². The van der Waals surface area contributed by atoms with E-state index in [-0.39, 0.29) is 5.69 Å². The van der Waals surface area contributed by atoms with Crippen LogP contribution in [0.3, 0.4) is 0 Å². The largest absolute Gasteiger partial charge is 0.380 e. The van der Waals surface area contributed by atoms with Gasteiger partial charge in [0.15, 0.2) is 0 Å². The second-order valence-electron chi connectivity index (χ2n) is 6.17. The number of hydrogen-bond acceptors (Lipinski definition) is 6. The summed E-state index contributed by atoms with van der Waals surface area (Å²) in [7, 11) is 0. The third-order valence-corrected chi connectivity index (χ3v) is 5.77. The Hall–Kier alpha value is -3.24. The van der Waals surface area contributed by atoms with Crippen LogP contribution in [0.1, 0.15) is 29.3 Å². The summed E-state index contributed by atoms with van der Waals surface area (Å²) in [6.45, 7) is 2.05. The van der Waals surface area contributed by atoms with Gasteiger partial charge in [0.1, 0.15) is 23.0 Å². The number of fused-ring (bicyclic) bond motifs is 2. The van der Waals surface area contributed by atoms with Crippen molar-refractivity contribution in [3.8, 4) is 5.69 Å². The topological polar surface area (TPSA) is 117 Å². The average Bonchev–Trinajstić information content (AvgIpc) is 3.41. The molecule has 0 aliphatic rings. The Morgan fingerprint density at radius 2 is 2.15 bits per heavy atom. The molecule has 0 saturated carbocycles. The summed E-state index contributed by atoms with van der Waals surface area (Å²) in [4.78, 5) is 23.1. The van der Waals surface area contributed by atoms with E-state index in [1.165, 1.54) is 0 Å². The van der Waals surface area contributed by atoms with Gasteiger partial charge in [0, 0.05) is 4.88 Å². The number of thiazole rings is 1. The lowest BCUT2D eigenvalue weighted by Crippen LogP contribution is -2.06. The van der Waals surface area contributed by atoms with Gasteiger partial charge in [0.2, 0.25) is 0 Å². The average molecular weight is 381 g/mol. The lowest BCUT2D eigenvalue weighted by atomic mass is 10.1. The maximum Gasteiger partial charge on any atom is 0.323 e. The van der Waals surface area contributed by atoms with Gasteiger partial charge in [-0.05, 0) is 24.6 Å². The standard InChI is InChI=1S/C17H15N7O2S/c1-2-13-15(23-8-18-6-14(23)27-13)16(25)12-7-24(22-21-12)9-3-4-10-11(5-9)20-17(26)19-10/h3-8,16,25H,2H2,1H3,(H2,19,20,26). The van der Waals surface area contributed by atoms with Crippen LogP contribution in [0.5, 0.6) is 0 Å². The van der Waals surface area contributed by atoms with Gasteiger partial charge in [-0.2, -0.15) is 0 Å². The number of H-pyrrole nitrogens is 2.